The summed E-state index contributed by atoms with van der Waals surface area (Å²) < 4.78 is 6.91. The van der Waals surface area contributed by atoms with E-state index in [0.717, 1.165) is 37.7 Å². The summed E-state index contributed by atoms with van der Waals surface area (Å²) in [5, 5.41) is 9.35. The number of likely N-dealkylation sites (tertiary alicyclic amines) is 1. The lowest BCUT2D eigenvalue weighted by molar-refractivity contribution is -0.155. The zero-order valence-electron chi connectivity index (χ0n) is 25.8. The van der Waals surface area contributed by atoms with Gasteiger partial charge in [0.2, 0.25) is 17.7 Å². The van der Waals surface area contributed by atoms with Crippen molar-refractivity contribution < 1.29 is 24.2 Å². The second-order valence-corrected chi connectivity index (χ2v) is 13.1. The zero-order valence-corrected chi connectivity index (χ0v) is 25.8. The van der Waals surface area contributed by atoms with Crippen LogP contribution in [0.25, 0.3) is 0 Å². The summed E-state index contributed by atoms with van der Waals surface area (Å²) in [6.07, 6.45) is 12.0. The fourth-order valence-electron chi connectivity index (χ4n) is 8.39. The minimum absolute atomic E-state index is 0.0746. The standard InChI is InChI=1S/C35H49N3O5/c1-4-21-36(25-26-15-9-6-10-16-26)31(40)28-29-32(41)38(23-13-8-14-24-39)30(35(29)20-19-34(28,3)43-35)33(42)37(22-5-2)27-17-11-7-12-18-27/h4-6,9-10,15-16,27-30,39H,1-2,7-8,11-14,17-25H2,3H3/t28-,29-,30?,34+,35?/m0/s1. The number of aliphatic hydroxyl groups is 1. The molecule has 43 heavy (non-hydrogen) atoms. The van der Waals surface area contributed by atoms with E-state index in [1.807, 2.05) is 42.2 Å². The highest BCUT2D eigenvalue weighted by molar-refractivity contribution is 5.99. The van der Waals surface area contributed by atoms with Crippen molar-refractivity contribution in [3.8, 4) is 0 Å². The van der Waals surface area contributed by atoms with Gasteiger partial charge in [-0.3, -0.25) is 14.4 Å². The van der Waals surface area contributed by atoms with Gasteiger partial charge in [0.1, 0.15) is 11.6 Å². The number of hydrogen-bond acceptors (Lipinski definition) is 5. The van der Waals surface area contributed by atoms with Crippen LogP contribution in [0.3, 0.4) is 0 Å². The second-order valence-electron chi connectivity index (χ2n) is 13.1. The molecule has 0 radical (unpaired) electrons. The number of benzene rings is 1. The lowest BCUT2D eigenvalue weighted by Crippen LogP contribution is -2.58. The summed E-state index contributed by atoms with van der Waals surface area (Å²) in [5.41, 5.74) is -0.866. The molecule has 2 bridgehead atoms. The summed E-state index contributed by atoms with van der Waals surface area (Å²) in [5.74, 6) is -1.74. The van der Waals surface area contributed by atoms with Gasteiger partial charge in [0.25, 0.3) is 0 Å². The maximum absolute atomic E-state index is 14.7. The van der Waals surface area contributed by atoms with E-state index in [9.17, 15) is 19.5 Å². The highest BCUT2D eigenvalue weighted by atomic mass is 16.5. The molecule has 2 unspecified atom stereocenters. The Morgan fingerprint density at radius 1 is 1.02 bits per heavy atom. The number of unbranched alkanes of at least 4 members (excludes halogenated alkanes) is 2. The molecular weight excluding hydrogens is 542 g/mol. The quantitative estimate of drug-likeness (QED) is 0.255. The van der Waals surface area contributed by atoms with E-state index in [4.69, 9.17) is 4.74 Å². The molecule has 1 aromatic rings. The van der Waals surface area contributed by atoms with E-state index < -0.39 is 29.1 Å². The molecule has 8 nitrogen and oxygen atoms in total. The predicted molar refractivity (Wildman–Crippen MR) is 166 cm³/mol. The Morgan fingerprint density at radius 2 is 1.74 bits per heavy atom. The van der Waals surface area contributed by atoms with Gasteiger partial charge in [0, 0.05) is 38.8 Å². The first-order valence-electron chi connectivity index (χ1n) is 16.3. The van der Waals surface area contributed by atoms with E-state index in [1.54, 1.807) is 22.0 Å². The smallest absolute Gasteiger partial charge is 0.248 e. The summed E-state index contributed by atoms with van der Waals surface area (Å²) in [7, 11) is 0. The van der Waals surface area contributed by atoms with Gasteiger partial charge in [-0.25, -0.2) is 0 Å². The first-order valence-corrected chi connectivity index (χ1v) is 16.3. The molecule has 5 atom stereocenters. The molecule has 3 heterocycles. The van der Waals surface area contributed by atoms with E-state index in [0.29, 0.717) is 51.9 Å². The van der Waals surface area contributed by atoms with Crippen molar-refractivity contribution in [1.82, 2.24) is 14.7 Å². The van der Waals surface area contributed by atoms with Gasteiger partial charge >= 0.3 is 0 Å². The number of carbonyl (C=O) groups excluding carboxylic acids is 3. The van der Waals surface area contributed by atoms with Crippen LogP contribution in [-0.4, -0.2) is 87.1 Å². The zero-order chi connectivity index (χ0) is 30.6. The molecule has 234 valence electrons. The second kappa shape index (κ2) is 13.3. The summed E-state index contributed by atoms with van der Waals surface area (Å²) in [6, 6.07) is 9.18. The Labute approximate surface area is 256 Å². The number of carbonyl (C=O) groups is 3. The Hall–Kier alpha value is -2.97. The SMILES string of the molecule is C=CCN(Cc1ccccc1)C(=O)[C@@H]1[C@H]2C(=O)N(CCCCCO)C(C(=O)N(CC=C)C3CCCCC3)C23CC[C@@]1(C)O3. The minimum atomic E-state index is -1.04. The molecule has 4 aliphatic rings. The van der Waals surface area contributed by atoms with Crippen LogP contribution < -0.4 is 0 Å². The Morgan fingerprint density at radius 3 is 2.42 bits per heavy atom. The van der Waals surface area contributed by atoms with Crippen LogP contribution in [0.5, 0.6) is 0 Å². The number of aliphatic hydroxyl groups excluding tert-OH is 1. The first-order chi connectivity index (χ1) is 20.8. The number of nitrogens with zero attached hydrogens (tertiary/aromatic N) is 3. The van der Waals surface area contributed by atoms with Gasteiger partial charge in [0.05, 0.1) is 17.4 Å². The molecule has 1 N–H and O–H groups in total. The highest BCUT2D eigenvalue weighted by Crippen LogP contribution is 2.63. The molecule has 3 saturated heterocycles. The van der Waals surface area contributed by atoms with E-state index in [-0.39, 0.29) is 30.4 Å². The topological polar surface area (TPSA) is 90.4 Å². The Balaban J connectivity index is 1.50. The largest absolute Gasteiger partial charge is 0.396 e. The molecule has 1 spiro atoms. The summed E-state index contributed by atoms with van der Waals surface area (Å²) in [4.78, 5) is 49.2. The van der Waals surface area contributed by atoms with Gasteiger partial charge in [-0.15, -0.1) is 13.2 Å². The van der Waals surface area contributed by atoms with E-state index in [2.05, 4.69) is 13.2 Å². The van der Waals surface area contributed by atoms with Crippen LogP contribution in [0, 0.1) is 11.8 Å². The van der Waals surface area contributed by atoms with Crippen molar-refractivity contribution in [3.05, 3.63) is 61.2 Å². The molecule has 3 amide bonds. The predicted octanol–water partition coefficient (Wildman–Crippen LogP) is 4.48. The van der Waals surface area contributed by atoms with Crippen molar-refractivity contribution in [1.29, 1.82) is 0 Å². The lowest BCUT2D eigenvalue weighted by Gasteiger charge is -2.40. The number of hydrogen-bond donors (Lipinski definition) is 1. The highest BCUT2D eigenvalue weighted by Gasteiger charge is 2.78. The van der Waals surface area contributed by atoms with Crippen molar-refractivity contribution in [2.24, 2.45) is 11.8 Å². The maximum Gasteiger partial charge on any atom is 0.248 e. The fourth-order valence-corrected chi connectivity index (χ4v) is 8.39. The summed E-state index contributed by atoms with van der Waals surface area (Å²) >= 11 is 0. The van der Waals surface area contributed by atoms with Gasteiger partial charge in [-0.05, 0) is 57.4 Å². The molecular formula is C35H49N3O5. The van der Waals surface area contributed by atoms with Crippen LogP contribution in [0.2, 0.25) is 0 Å². The molecule has 3 aliphatic heterocycles. The average Bonchev–Trinajstić information content (AvgIpc) is 3.58. The fraction of sp³-hybridized carbons (Fsp3) is 0.629. The Bertz CT molecular complexity index is 1180. The van der Waals surface area contributed by atoms with E-state index in [1.165, 1.54) is 6.42 Å². The molecule has 8 heteroatoms. The van der Waals surface area contributed by atoms with Gasteiger partial charge < -0.3 is 24.5 Å². The van der Waals surface area contributed by atoms with Crippen molar-refractivity contribution >= 4 is 17.7 Å². The van der Waals surface area contributed by atoms with Crippen LogP contribution in [0.1, 0.15) is 76.7 Å². The molecule has 5 rings (SSSR count). The average molecular weight is 592 g/mol. The minimum Gasteiger partial charge on any atom is -0.396 e. The van der Waals surface area contributed by atoms with Gasteiger partial charge in [0.15, 0.2) is 0 Å². The summed E-state index contributed by atoms with van der Waals surface area (Å²) in [6.45, 7) is 11.5. The van der Waals surface area contributed by atoms with E-state index >= 15 is 0 Å². The number of amides is 3. The van der Waals surface area contributed by atoms with Crippen molar-refractivity contribution in [2.45, 2.75) is 101 Å². The van der Waals surface area contributed by atoms with Gasteiger partial charge in [-0.2, -0.15) is 0 Å². The molecule has 1 aliphatic carbocycles. The molecule has 0 aromatic heterocycles. The number of ether oxygens (including phenoxy) is 1. The maximum atomic E-state index is 14.7. The van der Waals surface area contributed by atoms with Crippen molar-refractivity contribution in [3.63, 3.8) is 0 Å². The molecule has 1 aromatic carbocycles. The number of rotatable bonds is 14. The normalized spacial score (nSPS) is 29.9. The first kappa shape index (κ1) is 31.5. The van der Waals surface area contributed by atoms with Crippen LogP contribution in [0.4, 0.5) is 0 Å². The molecule has 1 saturated carbocycles. The van der Waals surface area contributed by atoms with Crippen LogP contribution in [-0.2, 0) is 25.7 Å². The third kappa shape index (κ3) is 5.80. The third-order valence-electron chi connectivity index (χ3n) is 10.3. The van der Waals surface area contributed by atoms with Gasteiger partial charge in [-0.1, -0.05) is 61.7 Å². The van der Waals surface area contributed by atoms with Crippen molar-refractivity contribution in [2.75, 3.05) is 26.2 Å². The monoisotopic (exact) mass is 591 g/mol. The van der Waals surface area contributed by atoms with Crippen LogP contribution >= 0.6 is 0 Å². The Kier molecular flexibility index (Phi) is 9.76. The molecule has 4 fully saturated rings. The van der Waals surface area contributed by atoms with Crippen LogP contribution in [0.15, 0.2) is 55.6 Å². The number of fused-ring (bicyclic) bond motifs is 1. The lowest BCUT2D eigenvalue weighted by atomic mass is 9.66. The third-order valence-corrected chi connectivity index (χ3v) is 10.3.